The van der Waals surface area contributed by atoms with Crippen LogP contribution in [0, 0.1) is 6.92 Å². The van der Waals surface area contributed by atoms with E-state index < -0.39 is 10.1 Å². The standard InChI is InChI=1S/C12H14O4S/c1-9-4-6-12(7-5-9)17(14,15)16-11(3)10(2)8-13/h4-8H,1-3H3/b11-10+. The minimum Gasteiger partial charge on any atom is -0.383 e. The average molecular weight is 254 g/mol. The van der Waals surface area contributed by atoms with E-state index in [-0.39, 0.29) is 16.2 Å². The van der Waals surface area contributed by atoms with Gasteiger partial charge in [-0.3, -0.25) is 4.79 Å². The summed E-state index contributed by atoms with van der Waals surface area (Å²) in [5, 5.41) is 0. The van der Waals surface area contributed by atoms with Crippen LogP contribution in [-0.4, -0.2) is 14.7 Å². The lowest BCUT2D eigenvalue weighted by Gasteiger charge is -2.08. The van der Waals surface area contributed by atoms with Gasteiger partial charge in [0.2, 0.25) is 0 Å². The second-order valence-corrected chi connectivity index (χ2v) is 5.25. The Morgan fingerprint density at radius 1 is 1.18 bits per heavy atom. The van der Waals surface area contributed by atoms with E-state index >= 15 is 0 Å². The molecule has 4 nitrogen and oxygen atoms in total. The van der Waals surface area contributed by atoms with Crippen LogP contribution in [0.5, 0.6) is 0 Å². The third kappa shape index (κ3) is 3.42. The monoisotopic (exact) mass is 254 g/mol. The zero-order valence-corrected chi connectivity index (χ0v) is 10.7. The van der Waals surface area contributed by atoms with E-state index in [0.29, 0.717) is 6.29 Å². The summed E-state index contributed by atoms with van der Waals surface area (Å²) in [6, 6.07) is 6.30. The van der Waals surface area contributed by atoms with Gasteiger partial charge in [0.05, 0.1) is 0 Å². The first kappa shape index (κ1) is 13.4. The SMILES string of the molecule is C/C(C=O)=C(/C)OS(=O)(=O)c1ccc(C)cc1. The second-order valence-electron chi connectivity index (χ2n) is 3.71. The lowest BCUT2D eigenvalue weighted by atomic mass is 10.2. The molecule has 1 rings (SSSR count). The third-order valence-electron chi connectivity index (χ3n) is 2.28. The van der Waals surface area contributed by atoms with Crippen molar-refractivity contribution in [2.45, 2.75) is 25.7 Å². The molecule has 0 spiro atoms. The third-order valence-corrected chi connectivity index (χ3v) is 3.60. The predicted molar refractivity (Wildman–Crippen MR) is 63.9 cm³/mol. The fourth-order valence-corrected chi connectivity index (χ4v) is 2.09. The smallest absolute Gasteiger partial charge is 0.338 e. The second kappa shape index (κ2) is 5.14. The van der Waals surface area contributed by atoms with Crippen molar-refractivity contribution in [2.24, 2.45) is 0 Å². The Bertz CT molecular complexity index is 538. The first-order chi connectivity index (χ1) is 7.86. The van der Waals surface area contributed by atoms with E-state index in [9.17, 15) is 13.2 Å². The molecule has 0 aromatic heterocycles. The minimum atomic E-state index is -3.85. The number of hydrogen-bond acceptors (Lipinski definition) is 4. The van der Waals surface area contributed by atoms with Gasteiger partial charge in [0, 0.05) is 5.57 Å². The largest absolute Gasteiger partial charge is 0.383 e. The van der Waals surface area contributed by atoms with Gasteiger partial charge in [-0.05, 0) is 32.9 Å². The molecule has 0 unspecified atom stereocenters. The van der Waals surface area contributed by atoms with E-state index in [1.54, 1.807) is 12.1 Å². The Balaban J connectivity index is 3.05. The van der Waals surface area contributed by atoms with Crippen molar-refractivity contribution in [1.29, 1.82) is 0 Å². The van der Waals surface area contributed by atoms with E-state index in [1.165, 1.54) is 26.0 Å². The van der Waals surface area contributed by atoms with E-state index in [0.717, 1.165) is 5.56 Å². The summed E-state index contributed by atoms with van der Waals surface area (Å²) in [5.41, 5.74) is 1.21. The highest BCUT2D eigenvalue weighted by Gasteiger charge is 2.16. The number of benzene rings is 1. The normalized spacial score (nSPS) is 12.9. The van der Waals surface area contributed by atoms with Crippen LogP contribution in [-0.2, 0) is 19.1 Å². The summed E-state index contributed by atoms with van der Waals surface area (Å²) < 4.78 is 28.4. The summed E-state index contributed by atoms with van der Waals surface area (Å²) in [6.45, 7) is 4.79. The summed E-state index contributed by atoms with van der Waals surface area (Å²) >= 11 is 0. The molecule has 5 heteroatoms. The number of hydrogen-bond donors (Lipinski definition) is 0. The highest BCUT2D eigenvalue weighted by Crippen LogP contribution is 2.17. The number of carbonyl (C=O) groups excluding carboxylic acids is 1. The number of allylic oxidation sites excluding steroid dienone is 2. The van der Waals surface area contributed by atoms with Gasteiger partial charge in [-0.2, -0.15) is 8.42 Å². The van der Waals surface area contributed by atoms with E-state index in [4.69, 9.17) is 4.18 Å². The zero-order chi connectivity index (χ0) is 13.1. The Labute approximate surface area is 101 Å². The van der Waals surface area contributed by atoms with Gasteiger partial charge in [-0.15, -0.1) is 0 Å². The van der Waals surface area contributed by atoms with Crippen molar-refractivity contribution in [3.8, 4) is 0 Å². The van der Waals surface area contributed by atoms with Gasteiger partial charge in [-0.25, -0.2) is 0 Å². The molecule has 1 aromatic carbocycles. The Kier molecular flexibility index (Phi) is 4.07. The van der Waals surface area contributed by atoms with Crippen molar-refractivity contribution in [1.82, 2.24) is 0 Å². The number of aryl methyl sites for hydroxylation is 1. The molecule has 0 amide bonds. The Morgan fingerprint density at radius 2 is 1.71 bits per heavy atom. The van der Waals surface area contributed by atoms with Crippen LogP contribution in [0.25, 0.3) is 0 Å². The Hall–Kier alpha value is -1.62. The van der Waals surface area contributed by atoms with Gasteiger partial charge in [0.1, 0.15) is 16.9 Å². The van der Waals surface area contributed by atoms with Crippen LogP contribution in [0.4, 0.5) is 0 Å². The molecule has 0 radical (unpaired) electrons. The van der Waals surface area contributed by atoms with Gasteiger partial charge < -0.3 is 4.18 Å². The molecule has 92 valence electrons. The van der Waals surface area contributed by atoms with Gasteiger partial charge >= 0.3 is 10.1 Å². The molecule has 0 aliphatic heterocycles. The maximum Gasteiger partial charge on any atom is 0.338 e. The molecule has 0 saturated heterocycles. The molecule has 0 N–H and O–H groups in total. The summed E-state index contributed by atoms with van der Waals surface area (Å²) in [7, 11) is -3.85. The maximum absolute atomic E-state index is 11.8. The van der Waals surface area contributed by atoms with Crippen LogP contribution in [0.2, 0.25) is 0 Å². The lowest BCUT2D eigenvalue weighted by molar-refractivity contribution is -0.105. The van der Waals surface area contributed by atoms with Crippen LogP contribution in [0.3, 0.4) is 0 Å². The van der Waals surface area contributed by atoms with E-state index in [2.05, 4.69) is 0 Å². The van der Waals surface area contributed by atoms with Crippen molar-refractivity contribution < 1.29 is 17.4 Å². The van der Waals surface area contributed by atoms with Gasteiger partial charge in [-0.1, -0.05) is 17.7 Å². The molecule has 0 atom stereocenters. The summed E-state index contributed by atoms with van der Waals surface area (Å²) in [6.07, 6.45) is 0.556. The lowest BCUT2D eigenvalue weighted by Crippen LogP contribution is -2.06. The van der Waals surface area contributed by atoms with Crippen LogP contribution < -0.4 is 0 Å². The highest BCUT2D eigenvalue weighted by molar-refractivity contribution is 7.86. The zero-order valence-electron chi connectivity index (χ0n) is 9.93. The number of carbonyl (C=O) groups is 1. The van der Waals surface area contributed by atoms with Crippen LogP contribution in [0.15, 0.2) is 40.5 Å². The highest BCUT2D eigenvalue weighted by atomic mass is 32.2. The molecule has 17 heavy (non-hydrogen) atoms. The van der Waals surface area contributed by atoms with Gasteiger partial charge in [0.15, 0.2) is 0 Å². The first-order valence-electron chi connectivity index (χ1n) is 5.00. The Morgan fingerprint density at radius 3 is 2.18 bits per heavy atom. The van der Waals surface area contributed by atoms with Crippen molar-refractivity contribution in [3.63, 3.8) is 0 Å². The van der Waals surface area contributed by atoms with Crippen molar-refractivity contribution in [2.75, 3.05) is 0 Å². The molecule has 0 bridgehead atoms. The molecule has 0 fully saturated rings. The summed E-state index contributed by atoms with van der Waals surface area (Å²) in [5.74, 6) is 0.0839. The fraction of sp³-hybridized carbons (Fsp3) is 0.250. The molecule has 0 heterocycles. The number of aldehydes is 1. The van der Waals surface area contributed by atoms with Crippen molar-refractivity contribution >= 4 is 16.4 Å². The van der Waals surface area contributed by atoms with Crippen LogP contribution in [0.1, 0.15) is 19.4 Å². The molecular formula is C12H14O4S. The van der Waals surface area contributed by atoms with Gasteiger partial charge in [0.25, 0.3) is 0 Å². The molecule has 1 aromatic rings. The molecular weight excluding hydrogens is 240 g/mol. The predicted octanol–water partition coefficient (Wildman–Crippen LogP) is 2.19. The topological polar surface area (TPSA) is 60.4 Å². The van der Waals surface area contributed by atoms with Crippen LogP contribution >= 0.6 is 0 Å². The fourth-order valence-electron chi connectivity index (χ4n) is 1.07. The minimum absolute atomic E-state index is 0.0705. The quantitative estimate of drug-likeness (QED) is 0.357. The first-order valence-corrected chi connectivity index (χ1v) is 6.41. The summed E-state index contributed by atoms with van der Waals surface area (Å²) in [4.78, 5) is 10.6. The maximum atomic E-state index is 11.8. The molecule has 0 aliphatic rings. The number of rotatable bonds is 4. The van der Waals surface area contributed by atoms with Crippen molar-refractivity contribution in [3.05, 3.63) is 41.2 Å². The molecule has 0 aliphatic carbocycles. The van der Waals surface area contributed by atoms with E-state index in [1.807, 2.05) is 6.92 Å². The average Bonchev–Trinajstić information content (AvgIpc) is 2.27. The molecule has 0 saturated carbocycles.